The zero-order valence-electron chi connectivity index (χ0n) is 19.8. The Bertz CT molecular complexity index is 1010. The Hall–Kier alpha value is -2.41. The first-order chi connectivity index (χ1) is 15.2. The monoisotopic (exact) mass is 412 g/mol. The van der Waals surface area contributed by atoms with E-state index >= 15 is 0 Å². The van der Waals surface area contributed by atoms with Gasteiger partial charge in [-0.25, -0.2) is 0 Å². The summed E-state index contributed by atoms with van der Waals surface area (Å²) in [6.45, 7) is 9.46. The van der Waals surface area contributed by atoms with E-state index in [2.05, 4.69) is 99.1 Å². The molecule has 162 valence electrons. The Morgan fingerprint density at radius 3 is 2.23 bits per heavy atom. The van der Waals surface area contributed by atoms with Crippen molar-refractivity contribution in [3.8, 4) is 22.4 Å². The van der Waals surface area contributed by atoms with Gasteiger partial charge < -0.3 is 0 Å². The first-order valence-corrected chi connectivity index (χ1v) is 12.4. The number of unbranched alkanes of at least 4 members (excludes halogenated alkanes) is 3. The molecular formula is C30H38N+. The van der Waals surface area contributed by atoms with Crippen molar-refractivity contribution in [1.29, 1.82) is 0 Å². The van der Waals surface area contributed by atoms with Crippen LogP contribution in [0.5, 0.6) is 0 Å². The summed E-state index contributed by atoms with van der Waals surface area (Å²) in [6, 6.07) is 22.6. The molecule has 1 aromatic heterocycles. The minimum Gasteiger partial charge on any atom is -0.192 e. The third kappa shape index (κ3) is 3.84. The SMILES string of the molecule is CCCCCCc1cc2[n+](cc1-c1ccccc1)C(CC)(CC)C(C)c1ccccc1-2. The van der Waals surface area contributed by atoms with Crippen LogP contribution in [0.3, 0.4) is 0 Å². The lowest BCUT2D eigenvalue weighted by Gasteiger charge is -2.38. The van der Waals surface area contributed by atoms with E-state index in [-0.39, 0.29) is 5.54 Å². The molecule has 31 heavy (non-hydrogen) atoms. The Morgan fingerprint density at radius 1 is 0.806 bits per heavy atom. The van der Waals surface area contributed by atoms with Crippen LogP contribution < -0.4 is 4.57 Å². The minimum atomic E-state index is 0.119. The molecule has 3 aromatic rings. The molecule has 1 nitrogen and oxygen atoms in total. The largest absolute Gasteiger partial charge is 0.213 e. The highest BCUT2D eigenvalue weighted by molar-refractivity contribution is 5.71. The quantitative estimate of drug-likeness (QED) is 0.260. The molecule has 0 fully saturated rings. The van der Waals surface area contributed by atoms with Gasteiger partial charge in [0.15, 0.2) is 11.7 Å². The second-order valence-electron chi connectivity index (χ2n) is 9.26. The van der Waals surface area contributed by atoms with Gasteiger partial charge in [0.05, 0.1) is 0 Å². The molecule has 2 heterocycles. The second-order valence-corrected chi connectivity index (χ2v) is 9.26. The first-order valence-electron chi connectivity index (χ1n) is 12.4. The van der Waals surface area contributed by atoms with Crippen LogP contribution in [0.1, 0.15) is 83.3 Å². The number of aryl methyl sites for hydroxylation is 1. The van der Waals surface area contributed by atoms with E-state index < -0.39 is 0 Å². The van der Waals surface area contributed by atoms with Crippen molar-refractivity contribution < 1.29 is 4.57 Å². The highest BCUT2D eigenvalue weighted by Crippen LogP contribution is 2.45. The number of hydrogen-bond donors (Lipinski definition) is 0. The van der Waals surface area contributed by atoms with Gasteiger partial charge in [-0.3, -0.25) is 0 Å². The van der Waals surface area contributed by atoms with Gasteiger partial charge in [-0.15, -0.1) is 0 Å². The van der Waals surface area contributed by atoms with E-state index in [4.69, 9.17) is 0 Å². The number of pyridine rings is 1. The number of aromatic nitrogens is 1. The molecule has 1 unspecified atom stereocenters. The van der Waals surface area contributed by atoms with Crippen LogP contribution in [0.25, 0.3) is 22.4 Å². The number of benzene rings is 2. The molecule has 0 bridgehead atoms. The summed E-state index contributed by atoms with van der Waals surface area (Å²) >= 11 is 0. The third-order valence-electron chi connectivity index (χ3n) is 7.77. The van der Waals surface area contributed by atoms with Gasteiger partial charge in [-0.2, -0.15) is 4.57 Å². The van der Waals surface area contributed by atoms with Gasteiger partial charge in [0.1, 0.15) is 0 Å². The molecule has 2 aromatic carbocycles. The minimum absolute atomic E-state index is 0.119. The van der Waals surface area contributed by atoms with Gasteiger partial charge >= 0.3 is 0 Å². The number of rotatable bonds is 8. The van der Waals surface area contributed by atoms with Crippen LogP contribution in [-0.2, 0) is 12.0 Å². The van der Waals surface area contributed by atoms with Gasteiger partial charge in [-0.1, -0.05) is 95.5 Å². The molecule has 0 radical (unpaired) electrons. The first kappa shape index (κ1) is 21.8. The molecule has 1 aliphatic rings. The summed E-state index contributed by atoms with van der Waals surface area (Å²) in [5.74, 6) is 0.496. The fourth-order valence-electron chi connectivity index (χ4n) is 5.81. The highest BCUT2D eigenvalue weighted by atomic mass is 15.1. The average molecular weight is 413 g/mol. The van der Waals surface area contributed by atoms with E-state index in [1.165, 1.54) is 59.2 Å². The molecule has 0 spiro atoms. The zero-order chi connectivity index (χ0) is 21.8. The van der Waals surface area contributed by atoms with Crippen molar-refractivity contribution in [2.24, 2.45) is 0 Å². The predicted molar refractivity (Wildman–Crippen MR) is 132 cm³/mol. The number of hydrogen-bond acceptors (Lipinski definition) is 0. The molecule has 0 amide bonds. The van der Waals surface area contributed by atoms with Gasteiger partial charge in [0.2, 0.25) is 5.69 Å². The van der Waals surface area contributed by atoms with Crippen LogP contribution in [0.4, 0.5) is 0 Å². The van der Waals surface area contributed by atoms with Crippen LogP contribution in [-0.4, -0.2) is 0 Å². The summed E-state index contributed by atoms with van der Waals surface area (Å²) in [4.78, 5) is 0. The van der Waals surface area contributed by atoms with E-state index in [9.17, 15) is 0 Å². The lowest BCUT2D eigenvalue weighted by molar-refractivity contribution is -0.761. The third-order valence-corrected chi connectivity index (χ3v) is 7.77. The smallest absolute Gasteiger partial charge is 0.192 e. The molecule has 1 atom stereocenters. The maximum atomic E-state index is 2.65. The lowest BCUT2D eigenvalue weighted by Crippen LogP contribution is -2.61. The molecule has 4 rings (SSSR count). The normalized spacial score (nSPS) is 16.6. The number of nitrogens with zero attached hydrogens (tertiary/aromatic N) is 1. The molecule has 0 aliphatic carbocycles. The average Bonchev–Trinajstić information content (AvgIpc) is 2.83. The Kier molecular flexibility index (Phi) is 6.60. The van der Waals surface area contributed by atoms with E-state index in [0.717, 1.165) is 19.3 Å². The summed E-state index contributed by atoms with van der Waals surface area (Å²) in [5.41, 5.74) is 8.71. The summed E-state index contributed by atoms with van der Waals surface area (Å²) in [7, 11) is 0. The summed E-state index contributed by atoms with van der Waals surface area (Å²) < 4.78 is 2.65. The van der Waals surface area contributed by atoms with Crippen molar-refractivity contribution in [3.63, 3.8) is 0 Å². The topological polar surface area (TPSA) is 3.88 Å². The highest BCUT2D eigenvalue weighted by Gasteiger charge is 2.49. The number of fused-ring (bicyclic) bond motifs is 3. The fourth-order valence-corrected chi connectivity index (χ4v) is 5.81. The molecule has 0 N–H and O–H groups in total. The molecule has 0 saturated carbocycles. The van der Waals surface area contributed by atoms with Crippen LogP contribution >= 0.6 is 0 Å². The molecule has 1 aliphatic heterocycles. The van der Waals surface area contributed by atoms with Crippen LogP contribution in [0, 0.1) is 0 Å². The molecule has 0 saturated heterocycles. The Balaban J connectivity index is 1.93. The van der Waals surface area contributed by atoms with Gasteiger partial charge in [-0.05, 0) is 35.6 Å². The van der Waals surface area contributed by atoms with Gasteiger partial charge in [0.25, 0.3) is 0 Å². The lowest BCUT2D eigenvalue weighted by atomic mass is 9.71. The van der Waals surface area contributed by atoms with Crippen molar-refractivity contribution in [2.45, 2.75) is 84.1 Å². The van der Waals surface area contributed by atoms with Crippen molar-refractivity contribution in [2.75, 3.05) is 0 Å². The predicted octanol–water partition coefficient (Wildman–Crippen LogP) is 8.06. The van der Waals surface area contributed by atoms with E-state index in [1.807, 2.05) is 0 Å². The molecule has 1 heteroatoms. The summed E-state index contributed by atoms with van der Waals surface area (Å²) in [6.07, 6.45) is 11.1. The second kappa shape index (κ2) is 9.39. The van der Waals surface area contributed by atoms with Gasteiger partial charge in [0, 0.05) is 36.0 Å². The standard InChI is InChI=1S/C30H38N/c1-5-8-9-11-18-25-21-29-27-20-15-14-19-26(27)23(4)30(6-2,7-3)31(29)22-28(25)24-16-12-10-13-17-24/h10,12-17,19-23H,5-9,11,18H2,1-4H3/q+1. The van der Waals surface area contributed by atoms with Crippen LogP contribution in [0.2, 0.25) is 0 Å². The Morgan fingerprint density at radius 2 is 1.52 bits per heavy atom. The maximum absolute atomic E-state index is 2.65. The zero-order valence-corrected chi connectivity index (χ0v) is 19.8. The van der Waals surface area contributed by atoms with Crippen molar-refractivity contribution in [3.05, 3.63) is 78.0 Å². The Labute approximate surface area is 189 Å². The van der Waals surface area contributed by atoms with Crippen LogP contribution in [0.15, 0.2) is 66.9 Å². The van der Waals surface area contributed by atoms with E-state index in [0.29, 0.717) is 5.92 Å². The fraction of sp³-hybridized carbons (Fsp3) is 0.433. The maximum Gasteiger partial charge on any atom is 0.213 e. The van der Waals surface area contributed by atoms with Crippen molar-refractivity contribution >= 4 is 0 Å². The van der Waals surface area contributed by atoms with Crippen molar-refractivity contribution in [1.82, 2.24) is 0 Å². The molecular weight excluding hydrogens is 374 g/mol. The summed E-state index contributed by atoms with van der Waals surface area (Å²) in [5, 5.41) is 0. The van der Waals surface area contributed by atoms with E-state index in [1.54, 1.807) is 0 Å².